The van der Waals surface area contributed by atoms with E-state index in [0.29, 0.717) is 13.0 Å². The first-order valence-corrected chi connectivity index (χ1v) is 7.88. The Labute approximate surface area is 141 Å². The van der Waals surface area contributed by atoms with E-state index in [0.717, 1.165) is 22.6 Å². The summed E-state index contributed by atoms with van der Waals surface area (Å²) in [6.07, 6.45) is 0.546. The van der Waals surface area contributed by atoms with E-state index in [2.05, 4.69) is 5.32 Å². The summed E-state index contributed by atoms with van der Waals surface area (Å²) >= 11 is 0. The molecule has 5 nitrogen and oxygen atoms in total. The lowest BCUT2D eigenvalue weighted by atomic mass is 10.1. The highest BCUT2D eigenvalue weighted by atomic mass is 16.5. The minimum Gasteiger partial charge on any atom is -0.497 e. The molecule has 0 aromatic heterocycles. The second-order valence-electron chi connectivity index (χ2n) is 5.80. The van der Waals surface area contributed by atoms with E-state index in [-0.39, 0.29) is 11.8 Å². The molecule has 0 bridgehead atoms. The highest BCUT2D eigenvalue weighted by molar-refractivity contribution is 6.02. The van der Waals surface area contributed by atoms with Crippen molar-refractivity contribution >= 4 is 17.5 Å². The van der Waals surface area contributed by atoms with E-state index in [4.69, 9.17) is 4.74 Å². The maximum absolute atomic E-state index is 12.6. The summed E-state index contributed by atoms with van der Waals surface area (Å²) in [5.74, 6) is 0.515. The van der Waals surface area contributed by atoms with Gasteiger partial charge in [0.15, 0.2) is 0 Å². The molecule has 1 N–H and O–H groups in total. The lowest BCUT2D eigenvalue weighted by Crippen LogP contribution is -2.47. The fourth-order valence-corrected chi connectivity index (χ4v) is 3.04. The van der Waals surface area contributed by atoms with Crippen molar-refractivity contribution in [3.63, 3.8) is 0 Å². The van der Waals surface area contributed by atoms with E-state index in [1.165, 1.54) is 6.92 Å². The van der Waals surface area contributed by atoms with Crippen LogP contribution in [0.1, 0.15) is 18.1 Å². The quantitative estimate of drug-likeness (QED) is 0.939. The van der Waals surface area contributed by atoms with Crippen molar-refractivity contribution in [2.75, 3.05) is 12.0 Å². The second kappa shape index (κ2) is 6.74. The molecule has 0 radical (unpaired) electrons. The highest BCUT2D eigenvalue weighted by Crippen LogP contribution is 2.32. The zero-order valence-corrected chi connectivity index (χ0v) is 13.8. The summed E-state index contributed by atoms with van der Waals surface area (Å²) in [7, 11) is 1.62. The van der Waals surface area contributed by atoms with Crippen LogP contribution in [-0.2, 0) is 22.6 Å². The number of hydrogen-bond acceptors (Lipinski definition) is 3. The van der Waals surface area contributed by atoms with Crippen molar-refractivity contribution in [2.45, 2.75) is 25.9 Å². The van der Waals surface area contributed by atoms with Gasteiger partial charge in [-0.1, -0.05) is 30.3 Å². The minimum atomic E-state index is -0.488. The largest absolute Gasteiger partial charge is 0.497 e. The van der Waals surface area contributed by atoms with E-state index >= 15 is 0 Å². The summed E-state index contributed by atoms with van der Waals surface area (Å²) in [5, 5.41) is 2.92. The number of nitrogens with one attached hydrogen (secondary N) is 1. The predicted molar refractivity (Wildman–Crippen MR) is 91.9 cm³/mol. The Hall–Kier alpha value is -2.82. The third kappa shape index (κ3) is 3.11. The number of para-hydroxylation sites is 1. The van der Waals surface area contributed by atoms with Gasteiger partial charge in [0.05, 0.1) is 7.11 Å². The summed E-state index contributed by atoms with van der Waals surface area (Å²) in [4.78, 5) is 26.2. The molecule has 0 spiro atoms. The maximum Gasteiger partial charge on any atom is 0.243 e. The topological polar surface area (TPSA) is 58.6 Å². The molecule has 1 heterocycles. The van der Waals surface area contributed by atoms with Gasteiger partial charge in [-0.05, 0) is 29.3 Å². The number of methoxy groups -OCH3 is 1. The van der Waals surface area contributed by atoms with Gasteiger partial charge in [0.25, 0.3) is 0 Å². The molecule has 0 aliphatic carbocycles. The molecule has 1 aliphatic heterocycles. The summed E-state index contributed by atoms with van der Waals surface area (Å²) in [6, 6.07) is 14.7. The van der Waals surface area contributed by atoms with Gasteiger partial charge in [0.1, 0.15) is 11.8 Å². The van der Waals surface area contributed by atoms with Gasteiger partial charge in [0, 0.05) is 25.6 Å². The number of fused-ring (bicyclic) bond motifs is 1. The molecule has 5 heteroatoms. The number of ether oxygens (including phenoxy) is 1. The second-order valence-corrected chi connectivity index (χ2v) is 5.80. The van der Waals surface area contributed by atoms with Crippen LogP contribution >= 0.6 is 0 Å². The van der Waals surface area contributed by atoms with Crippen LogP contribution in [0, 0.1) is 0 Å². The normalized spacial score (nSPS) is 15.8. The molecule has 2 aromatic rings. The van der Waals surface area contributed by atoms with Crippen molar-refractivity contribution in [1.29, 1.82) is 0 Å². The zero-order chi connectivity index (χ0) is 17.1. The van der Waals surface area contributed by atoms with Crippen molar-refractivity contribution in [2.24, 2.45) is 0 Å². The van der Waals surface area contributed by atoms with Crippen molar-refractivity contribution in [1.82, 2.24) is 5.32 Å². The number of nitrogens with zero attached hydrogens (tertiary/aromatic N) is 1. The molecule has 3 rings (SSSR count). The number of carbonyl (C=O) groups is 2. The number of anilines is 1. The first-order valence-electron chi connectivity index (χ1n) is 7.88. The molecule has 0 saturated heterocycles. The van der Waals surface area contributed by atoms with Crippen molar-refractivity contribution in [3.05, 3.63) is 59.7 Å². The fourth-order valence-electron chi connectivity index (χ4n) is 3.04. The molecule has 0 fully saturated rings. The lowest BCUT2D eigenvalue weighted by molar-refractivity contribution is -0.125. The van der Waals surface area contributed by atoms with Crippen molar-refractivity contribution in [3.8, 4) is 5.75 Å². The molecule has 2 aromatic carbocycles. The maximum atomic E-state index is 12.6. The monoisotopic (exact) mass is 324 g/mol. The van der Waals surface area contributed by atoms with Crippen LogP contribution < -0.4 is 15.0 Å². The van der Waals surface area contributed by atoms with Gasteiger partial charge in [-0.25, -0.2) is 0 Å². The Morgan fingerprint density at radius 3 is 2.54 bits per heavy atom. The Balaban J connectivity index is 1.69. The van der Waals surface area contributed by atoms with Crippen LogP contribution in [0.3, 0.4) is 0 Å². The Kier molecular flexibility index (Phi) is 4.51. The standard InChI is InChI=1S/C19H20N2O3/c1-13(22)21-17-6-4-3-5-15(17)11-18(21)19(23)20-12-14-7-9-16(24-2)10-8-14/h3-10,18H,11-12H2,1-2H3,(H,20,23)/t18-/m0/s1. The lowest BCUT2D eigenvalue weighted by Gasteiger charge is -2.23. The summed E-state index contributed by atoms with van der Waals surface area (Å²) in [5.41, 5.74) is 2.83. The number of benzene rings is 2. The molecular formula is C19H20N2O3. The molecule has 124 valence electrons. The summed E-state index contributed by atoms with van der Waals surface area (Å²) in [6.45, 7) is 1.91. The Morgan fingerprint density at radius 2 is 1.88 bits per heavy atom. The number of hydrogen-bond donors (Lipinski definition) is 1. The first kappa shape index (κ1) is 16.1. The Morgan fingerprint density at radius 1 is 1.17 bits per heavy atom. The van der Waals surface area contributed by atoms with Gasteiger partial charge < -0.3 is 10.1 Å². The number of amides is 2. The van der Waals surface area contributed by atoms with Crippen molar-refractivity contribution < 1.29 is 14.3 Å². The van der Waals surface area contributed by atoms with Gasteiger partial charge >= 0.3 is 0 Å². The number of rotatable bonds is 4. The van der Waals surface area contributed by atoms with E-state index in [1.54, 1.807) is 12.0 Å². The number of carbonyl (C=O) groups excluding carboxylic acids is 2. The molecule has 0 unspecified atom stereocenters. The van der Waals surface area contributed by atoms with Gasteiger partial charge in [-0.15, -0.1) is 0 Å². The smallest absolute Gasteiger partial charge is 0.243 e. The Bertz CT molecular complexity index is 755. The average Bonchev–Trinajstić information content (AvgIpc) is 3.00. The molecule has 1 aliphatic rings. The third-order valence-corrected chi connectivity index (χ3v) is 4.24. The molecule has 24 heavy (non-hydrogen) atoms. The van der Waals surface area contributed by atoms with Gasteiger partial charge in [-0.2, -0.15) is 0 Å². The fraction of sp³-hybridized carbons (Fsp3) is 0.263. The first-order chi connectivity index (χ1) is 11.6. The van der Waals surface area contributed by atoms with E-state index in [9.17, 15) is 9.59 Å². The van der Waals surface area contributed by atoms with Crippen LogP contribution in [0.2, 0.25) is 0 Å². The molecule has 0 saturated carbocycles. The molecule has 1 atom stereocenters. The average molecular weight is 324 g/mol. The summed E-state index contributed by atoms with van der Waals surface area (Å²) < 4.78 is 5.12. The van der Waals surface area contributed by atoms with Crippen LogP contribution in [0.15, 0.2) is 48.5 Å². The SMILES string of the molecule is COc1ccc(CNC(=O)[C@@H]2Cc3ccccc3N2C(C)=O)cc1. The zero-order valence-electron chi connectivity index (χ0n) is 13.8. The van der Waals surface area contributed by atoms with Crippen LogP contribution in [0.25, 0.3) is 0 Å². The molecular weight excluding hydrogens is 304 g/mol. The highest BCUT2D eigenvalue weighted by Gasteiger charge is 2.36. The van der Waals surface area contributed by atoms with Crippen LogP contribution in [-0.4, -0.2) is 25.0 Å². The van der Waals surface area contributed by atoms with Crippen LogP contribution in [0.4, 0.5) is 5.69 Å². The van der Waals surface area contributed by atoms with Gasteiger partial charge in [0.2, 0.25) is 11.8 Å². The molecule has 2 amide bonds. The van der Waals surface area contributed by atoms with E-state index in [1.807, 2.05) is 48.5 Å². The van der Waals surface area contributed by atoms with E-state index < -0.39 is 6.04 Å². The van der Waals surface area contributed by atoms with Crippen LogP contribution in [0.5, 0.6) is 5.75 Å². The predicted octanol–water partition coefficient (Wildman–Crippen LogP) is 2.29. The minimum absolute atomic E-state index is 0.121. The third-order valence-electron chi connectivity index (χ3n) is 4.24. The van der Waals surface area contributed by atoms with Gasteiger partial charge in [-0.3, -0.25) is 14.5 Å².